The van der Waals surface area contributed by atoms with Crippen LogP contribution in [-0.4, -0.2) is 43.0 Å². The fourth-order valence-electron chi connectivity index (χ4n) is 3.00. The summed E-state index contributed by atoms with van der Waals surface area (Å²) in [4.78, 5) is 26.9. The summed E-state index contributed by atoms with van der Waals surface area (Å²) in [7, 11) is 1.59. The van der Waals surface area contributed by atoms with E-state index in [1.54, 1.807) is 11.9 Å². The lowest BCUT2D eigenvalue weighted by molar-refractivity contribution is -0.142. The number of aryl methyl sites for hydroxylation is 1. The number of benzene rings is 2. The average molecular weight is 447 g/mol. The molecule has 0 spiro atoms. The van der Waals surface area contributed by atoms with Gasteiger partial charge in [0, 0.05) is 18.1 Å². The molecule has 28 heavy (non-hydrogen) atoms. The lowest BCUT2D eigenvalue weighted by Gasteiger charge is -2.30. The maximum absolute atomic E-state index is 12.9. The van der Waals surface area contributed by atoms with Gasteiger partial charge in [0.1, 0.15) is 11.8 Å². The summed E-state index contributed by atoms with van der Waals surface area (Å²) in [6, 6.07) is 15.0. The largest absolute Gasteiger partial charge is 0.484 e. The predicted octanol–water partition coefficient (Wildman–Crippen LogP) is 3.73. The van der Waals surface area contributed by atoms with Crippen LogP contribution in [-0.2, 0) is 16.0 Å². The molecule has 1 N–H and O–H groups in total. The van der Waals surface area contributed by atoms with Crippen LogP contribution in [0.3, 0.4) is 0 Å². The van der Waals surface area contributed by atoms with Gasteiger partial charge in [0.15, 0.2) is 6.61 Å². The van der Waals surface area contributed by atoms with Gasteiger partial charge < -0.3 is 15.0 Å². The third-order valence-corrected chi connectivity index (χ3v) is 5.50. The van der Waals surface area contributed by atoms with E-state index >= 15 is 0 Å². The zero-order valence-corrected chi connectivity index (χ0v) is 18.2. The Morgan fingerprint density at radius 1 is 1.18 bits per heavy atom. The van der Waals surface area contributed by atoms with Crippen molar-refractivity contribution in [3.63, 3.8) is 0 Å². The van der Waals surface area contributed by atoms with Gasteiger partial charge in [-0.25, -0.2) is 0 Å². The molecule has 6 heteroatoms. The van der Waals surface area contributed by atoms with Gasteiger partial charge in [-0.3, -0.25) is 9.59 Å². The summed E-state index contributed by atoms with van der Waals surface area (Å²) < 4.78 is 6.69. The van der Waals surface area contributed by atoms with Gasteiger partial charge in [-0.15, -0.1) is 0 Å². The van der Waals surface area contributed by atoms with Crippen LogP contribution in [0.5, 0.6) is 5.75 Å². The van der Waals surface area contributed by atoms with E-state index < -0.39 is 6.04 Å². The number of nitrogens with one attached hydrogen (secondary N) is 1. The number of amides is 2. The molecule has 2 rings (SSSR count). The first kappa shape index (κ1) is 22.0. The SMILES string of the molecule is CC[C@@H](C(=O)NC)N(CCc1ccccc1)C(=O)COc1ccc(Br)c(C)c1. The molecule has 0 aromatic heterocycles. The van der Waals surface area contributed by atoms with Crippen LogP contribution < -0.4 is 10.1 Å². The molecule has 5 nitrogen and oxygen atoms in total. The van der Waals surface area contributed by atoms with Crippen LogP contribution in [0.1, 0.15) is 24.5 Å². The van der Waals surface area contributed by atoms with Crippen molar-refractivity contribution in [3.8, 4) is 5.75 Å². The Bertz CT molecular complexity index is 796. The fraction of sp³-hybridized carbons (Fsp3) is 0.364. The molecule has 1 atom stereocenters. The average Bonchev–Trinajstić information content (AvgIpc) is 2.72. The van der Waals surface area contributed by atoms with E-state index in [9.17, 15) is 9.59 Å². The molecular formula is C22H27BrN2O3. The van der Waals surface area contributed by atoms with Crippen molar-refractivity contribution < 1.29 is 14.3 Å². The molecule has 0 aliphatic carbocycles. The molecule has 0 saturated heterocycles. The minimum Gasteiger partial charge on any atom is -0.484 e. The number of carbonyl (C=O) groups is 2. The summed E-state index contributed by atoms with van der Waals surface area (Å²) >= 11 is 3.45. The molecular weight excluding hydrogens is 420 g/mol. The minimum atomic E-state index is -0.517. The maximum Gasteiger partial charge on any atom is 0.261 e. The van der Waals surface area contributed by atoms with Crippen LogP contribution in [0.15, 0.2) is 53.0 Å². The highest BCUT2D eigenvalue weighted by molar-refractivity contribution is 9.10. The van der Waals surface area contributed by atoms with Crippen molar-refractivity contribution in [2.45, 2.75) is 32.7 Å². The van der Waals surface area contributed by atoms with E-state index in [0.717, 1.165) is 15.6 Å². The van der Waals surface area contributed by atoms with Gasteiger partial charge in [0.05, 0.1) is 0 Å². The van der Waals surface area contributed by atoms with E-state index in [1.807, 2.05) is 62.4 Å². The summed E-state index contributed by atoms with van der Waals surface area (Å²) in [5, 5.41) is 2.66. The van der Waals surface area contributed by atoms with Gasteiger partial charge >= 0.3 is 0 Å². The lowest BCUT2D eigenvalue weighted by atomic mass is 10.1. The van der Waals surface area contributed by atoms with E-state index in [1.165, 1.54) is 0 Å². The second-order valence-corrected chi connectivity index (χ2v) is 7.42. The number of halogens is 1. The van der Waals surface area contributed by atoms with Crippen LogP contribution in [0.25, 0.3) is 0 Å². The van der Waals surface area contributed by atoms with Gasteiger partial charge in [0.2, 0.25) is 5.91 Å². The molecule has 2 aromatic rings. The summed E-state index contributed by atoms with van der Waals surface area (Å²) in [6.07, 6.45) is 1.22. The summed E-state index contributed by atoms with van der Waals surface area (Å²) in [5.41, 5.74) is 2.15. The fourth-order valence-corrected chi connectivity index (χ4v) is 3.24. The number of ether oxygens (including phenoxy) is 1. The highest BCUT2D eigenvalue weighted by Gasteiger charge is 2.27. The van der Waals surface area contributed by atoms with Crippen molar-refractivity contribution in [2.75, 3.05) is 20.2 Å². The highest BCUT2D eigenvalue weighted by Crippen LogP contribution is 2.21. The first-order valence-corrected chi connectivity index (χ1v) is 10.2. The number of nitrogens with zero attached hydrogens (tertiary/aromatic N) is 1. The predicted molar refractivity (Wildman–Crippen MR) is 114 cm³/mol. The van der Waals surface area contributed by atoms with Crippen molar-refractivity contribution in [3.05, 3.63) is 64.1 Å². The van der Waals surface area contributed by atoms with Crippen molar-refractivity contribution >= 4 is 27.7 Å². The van der Waals surface area contributed by atoms with E-state index in [0.29, 0.717) is 25.1 Å². The molecule has 0 fully saturated rings. The Balaban J connectivity index is 2.10. The lowest BCUT2D eigenvalue weighted by Crippen LogP contribution is -2.50. The van der Waals surface area contributed by atoms with E-state index in [-0.39, 0.29) is 18.4 Å². The third-order valence-electron chi connectivity index (χ3n) is 4.61. The zero-order valence-electron chi connectivity index (χ0n) is 16.6. The Morgan fingerprint density at radius 3 is 2.50 bits per heavy atom. The number of hydrogen-bond acceptors (Lipinski definition) is 3. The number of likely N-dealkylation sites (N-methyl/N-ethyl adjacent to an activating group) is 1. The molecule has 150 valence electrons. The molecule has 0 radical (unpaired) electrons. The van der Waals surface area contributed by atoms with Crippen molar-refractivity contribution in [1.82, 2.24) is 10.2 Å². The number of rotatable bonds is 9. The maximum atomic E-state index is 12.9. The first-order chi connectivity index (χ1) is 13.5. The van der Waals surface area contributed by atoms with Crippen LogP contribution in [0.2, 0.25) is 0 Å². The second kappa shape index (κ2) is 10.9. The monoisotopic (exact) mass is 446 g/mol. The molecule has 2 amide bonds. The molecule has 2 aromatic carbocycles. The molecule has 0 unspecified atom stereocenters. The molecule has 0 bridgehead atoms. The number of carbonyl (C=O) groups excluding carboxylic acids is 2. The standard InChI is InChI=1S/C22H27BrN2O3/c1-4-20(22(27)24-3)25(13-12-17-8-6-5-7-9-17)21(26)15-28-18-10-11-19(23)16(2)14-18/h5-11,14,20H,4,12-13,15H2,1-3H3,(H,24,27)/t20-/m0/s1. The van der Waals surface area contributed by atoms with Crippen molar-refractivity contribution in [1.29, 1.82) is 0 Å². The first-order valence-electron chi connectivity index (χ1n) is 9.40. The minimum absolute atomic E-state index is 0.108. The van der Waals surface area contributed by atoms with Crippen LogP contribution >= 0.6 is 15.9 Å². The molecule has 0 aliphatic heterocycles. The zero-order chi connectivity index (χ0) is 20.5. The summed E-state index contributed by atoms with van der Waals surface area (Å²) in [5.74, 6) is 0.264. The highest BCUT2D eigenvalue weighted by atomic mass is 79.9. The van der Waals surface area contributed by atoms with E-state index in [2.05, 4.69) is 21.2 Å². The topological polar surface area (TPSA) is 58.6 Å². The van der Waals surface area contributed by atoms with E-state index in [4.69, 9.17) is 4.74 Å². The van der Waals surface area contributed by atoms with Crippen LogP contribution in [0.4, 0.5) is 0 Å². The van der Waals surface area contributed by atoms with Gasteiger partial charge in [-0.2, -0.15) is 0 Å². The summed E-state index contributed by atoms with van der Waals surface area (Å²) in [6.45, 7) is 4.21. The molecule has 0 heterocycles. The Kier molecular flexibility index (Phi) is 8.51. The Morgan fingerprint density at radius 2 is 1.89 bits per heavy atom. The van der Waals surface area contributed by atoms with Gasteiger partial charge in [-0.05, 0) is 49.1 Å². The van der Waals surface area contributed by atoms with Gasteiger partial charge in [-0.1, -0.05) is 53.2 Å². The second-order valence-electron chi connectivity index (χ2n) is 6.56. The normalized spacial score (nSPS) is 11.6. The van der Waals surface area contributed by atoms with Crippen molar-refractivity contribution in [2.24, 2.45) is 0 Å². The Labute approximate surface area is 175 Å². The smallest absolute Gasteiger partial charge is 0.261 e. The quantitative estimate of drug-likeness (QED) is 0.638. The third kappa shape index (κ3) is 6.09. The number of hydrogen-bond donors (Lipinski definition) is 1. The van der Waals surface area contributed by atoms with Gasteiger partial charge in [0.25, 0.3) is 5.91 Å². The van der Waals surface area contributed by atoms with Crippen LogP contribution in [0, 0.1) is 6.92 Å². The Hall–Kier alpha value is -2.34. The molecule has 0 aliphatic rings. The molecule has 0 saturated carbocycles.